The predicted molar refractivity (Wildman–Crippen MR) is 111 cm³/mol. The molecule has 3 amide bonds. The smallest absolute Gasteiger partial charge is 0.339 e. The largest absolute Gasteiger partial charge is 0.460 e. The summed E-state index contributed by atoms with van der Waals surface area (Å²) in [4.78, 5) is 41.3. The van der Waals surface area contributed by atoms with Crippen LogP contribution in [0.15, 0.2) is 46.9 Å². The van der Waals surface area contributed by atoms with Gasteiger partial charge in [-0.15, -0.1) is 0 Å². The number of para-hydroxylation sites is 1. The quantitative estimate of drug-likeness (QED) is 0.623. The molecule has 30 heavy (non-hydrogen) atoms. The van der Waals surface area contributed by atoms with Crippen molar-refractivity contribution in [3.63, 3.8) is 0 Å². The molecule has 1 unspecified atom stereocenters. The van der Waals surface area contributed by atoms with Crippen molar-refractivity contribution in [1.82, 2.24) is 15.6 Å². The van der Waals surface area contributed by atoms with Crippen molar-refractivity contribution in [3.05, 3.63) is 53.8 Å². The molecular weight excluding hydrogens is 386 g/mol. The summed E-state index contributed by atoms with van der Waals surface area (Å²) in [6.07, 6.45) is -1.17. The number of carbonyl (C=O) groups excluding carboxylic acids is 3. The number of imide groups is 1. The lowest BCUT2D eigenvalue weighted by Gasteiger charge is -2.15. The second-order valence-corrected chi connectivity index (χ2v) is 7.15. The van der Waals surface area contributed by atoms with Gasteiger partial charge in [-0.1, -0.05) is 18.2 Å². The van der Waals surface area contributed by atoms with E-state index in [0.717, 1.165) is 0 Å². The van der Waals surface area contributed by atoms with E-state index in [1.807, 2.05) is 13.0 Å². The molecule has 0 spiro atoms. The summed E-state index contributed by atoms with van der Waals surface area (Å²) in [5.74, 6) is -0.190. The first-order chi connectivity index (χ1) is 14.2. The number of esters is 1. The highest BCUT2D eigenvalue weighted by Crippen LogP contribution is 2.27. The third kappa shape index (κ3) is 4.83. The van der Waals surface area contributed by atoms with Gasteiger partial charge in [0.05, 0.1) is 11.1 Å². The molecule has 0 aliphatic heterocycles. The zero-order valence-corrected chi connectivity index (χ0v) is 17.2. The second-order valence-electron chi connectivity index (χ2n) is 7.15. The number of aryl methyl sites for hydroxylation is 1. The van der Waals surface area contributed by atoms with Crippen molar-refractivity contribution >= 4 is 28.8 Å². The van der Waals surface area contributed by atoms with Crippen LogP contribution in [0, 0.1) is 6.92 Å². The minimum absolute atomic E-state index is 0.137. The molecule has 0 radical (unpaired) electrons. The van der Waals surface area contributed by atoms with Crippen molar-refractivity contribution in [3.8, 4) is 11.5 Å². The van der Waals surface area contributed by atoms with Crippen LogP contribution < -0.4 is 10.6 Å². The zero-order valence-electron chi connectivity index (χ0n) is 17.2. The number of hydrogen-bond donors (Lipinski definition) is 2. The lowest BCUT2D eigenvalue weighted by atomic mass is 10.1. The van der Waals surface area contributed by atoms with Gasteiger partial charge < -0.3 is 14.5 Å². The first-order valence-electron chi connectivity index (χ1n) is 9.53. The van der Waals surface area contributed by atoms with Crippen molar-refractivity contribution in [1.29, 1.82) is 0 Å². The molecule has 2 heterocycles. The third-order valence-electron chi connectivity index (χ3n) is 4.24. The van der Waals surface area contributed by atoms with Crippen LogP contribution in [0.1, 0.15) is 36.9 Å². The Morgan fingerprint density at radius 1 is 1.07 bits per heavy atom. The Kier molecular flexibility index (Phi) is 6.15. The van der Waals surface area contributed by atoms with Gasteiger partial charge in [0.1, 0.15) is 11.5 Å². The molecule has 0 fully saturated rings. The summed E-state index contributed by atoms with van der Waals surface area (Å²) in [6, 6.07) is 11.5. The lowest BCUT2D eigenvalue weighted by molar-refractivity contribution is -0.127. The molecule has 0 bridgehead atoms. The molecule has 0 saturated heterocycles. The molecule has 1 atom stereocenters. The summed E-state index contributed by atoms with van der Waals surface area (Å²) in [5.41, 5.74) is 1.31. The molecule has 0 aliphatic carbocycles. The first-order valence-corrected chi connectivity index (χ1v) is 9.53. The van der Waals surface area contributed by atoms with Crippen LogP contribution in [0.25, 0.3) is 22.4 Å². The summed E-state index contributed by atoms with van der Waals surface area (Å²) >= 11 is 0. The number of urea groups is 1. The molecule has 2 aromatic heterocycles. The summed E-state index contributed by atoms with van der Waals surface area (Å²) < 4.78 is 10.9. The Morgan fingerprint density at radius 2 is 1.80 bits per heavy atom. The number of furan rings is 1. The molecule has 156 valence electrons. The minimum atomic E-state index is -1.17. The van der Waals surface area contributed by atoms with Gasteiger partial charge in [-0.05, 0) is 52.0 Å². The number of nitrogens with one attached hydrogen (secondary N) is 2. The summed E-state index contributed by atoms with van der Waals surface area (Å²) in [7, 11) is 0. The van der Waals surface area contributed by atoms with Gasteiger partial charge in [0.2, 0.25) is 0 Å². The number of pyridine rings is 1. The highest BCUT2D eigenvalue weighted by molar-refractivity contribution is 6.05. The van der Waals surface area contributed by atoms with Gasteiger partial charge in [-0.3, -0.25) is 10.1 Å². The van der Waals surface area contributed by atoms with E-state index in [4.69, 9.17) is 9.15 Å². The SMILES string of the molecule is Cc1ccc(-c2cc(C(=O)OC(C)C(=O)NC(=O)NC(C)C)c3ccccc3n2)o1. The number of fused-ring (bicyclic) bond motifs is 1. The average molecular weight is 409 g/mol. The normalized spacial score (nSPS) is 11.9. The molecule has 3 aromatic rings. The highest BCUT2D eigenvalue weighted by atomic mass is 16.5. The van der Waals surface area contributed by atoms with Crippen LogP contribution in [0.5, 0.6) is 0 Å². The van der Waals surface area contributed by atoms with Crippen molar-refractivity contribution in [2.45, 2.75) is 39.8 Å². The van der Waals surface area contributed by atoms with Gasteiger partial charge in [0.15, 0.2) is 11.9 Å². The predicted octanol–water partition coefficient (Wildman–Crippen LogP) is 3.58. The fourth-order valence-corrected chi connectivity index (χ4v) is 2.83. The topological polar surface area (TPSA) is 111 Å². The fourth-order valence-electron chi connectivity index (χ4n) is 2.83. The number of carbonyl (C=O) groups is 3. The van der Waals surface area contributed by atoms with Crippen molar-refractivity contribution in [2.24, 2.45) is 0 Å². The molecule has 1 aromatic carbocycles. The zero-order chi connectivity index (χ0) is 21.8. The van der Waals surface area contributed by atoms with E-state index in [1.165, 1.54) is 6.92 Å². The Hall–Kier alpha value is -3.68. The first kappa shape index (κ1) is 21.0. The van der Waals surface area contributed by atoms with Crippen LogP contribution in [-0.4, -0.2) is 35.0 Å². The van der Waals surface area contributed by atoms with Gasteiger partial charge in [-0.2, -0.15) is 0 Å². The van der Waals surface area contributed by atoms with E-state index in [9.17, 15) is 14.4 Å². The maximum atomic E-state index is 12.9. The Morgan fingerprint density at radius 3 is 2.47 bits per heavy atom. The standard InChI is InChI=1S/C22H23N3O5/c1-12(2)23-22(28)25-20(26)14(4)30-21(27)16-11-18(19-10-9-13(3)29-19)24-17-8-6-5-7-15(16)17/h5-12,14H,1-4H3,(H2,23,25,26,28). The van der Waals surface area contributed by atoms with E-state index < -0.39 is 24.0 Å². The molecule has 8 nitrogen and oxygen atoms in total. The van der Waals surface area contributed by atoms with Gasteiger partial charge in [-0.25, -0.2) is 14.6 Å². The van der Waals surface area contributed by atoms with Crippen molar-refractivity contribution in [2.75, 3.05) is 0 Å². The fraction of sp³-hybridized carbons (Fsp3) is 0.273. The maximum absolute atomic E-state index is 12.9. The Balaban J connectivity index is 1.85. The third-order valence-corrected chi connectivity index (χ3v) is 4.24. The molecule has 2 N–H and O–H groups in total. The van der Waals surface area contributed by atoms with Gasteiger partial charge in [0.25, 0.3) is 5.91 Å². The molecule has 0 saturated carbocycles. The number of aromatic nitrogens is 1. The molecule has 8 heteroatoms. The van der Waals surface area contributed by atoms with Crippen LogP contribution in [-0.2, 0) is 9.53 Å². The number of ether oxygens (including phenoxy) is 1. The number of rotatable bonds is 5. The number of benzene rings is 1. The van der Waals surface area contributed by atoms with E-state index >= 15 is 0 Å². The van der Waals surface area contributed by atoms with E-state index in [-0.39, 0.29) is 11.6 Å². The second kappa shape index (κ2) is 8.77. The highest BCUT2D eigenvalue weighted by Gasteiger charge is 2.23. The average Bonchev–Trinajstić information content (AvgIpc) is 3.12. The van der Waals surface area contributed by atoms with Crippen LogP contribution in [0.4, 0.5) is 4.79 Å². The number of hydrogen-bond acceptors (Lipinski definition) is 6. The van der Waals surface area contributed by atoms with E-state index in [2.05, 4.69) is 15.6 Å². The van der Waals surface area contributed by atoms with Crippen LogP contribution >= 0.6 is 0 Å². The monoisotopic (exact) mass is 409 g/mol. The van der Waals surface area contributed by atoms with E-state index in [0.29, 0.717) is 28.1 Å². The Bertz CT molecular complexity index is 1100. The lowest BCUT2D eigenvalue weighted by Crippen LogP contribution is -2.46. The van der Waals surface area contributed by atoms with E-state index in [1.54, 1.807) is 50.2 Å². The van der Waals surface area contributed by atoms with Crippen molar-refractivity contribution < 1.29 is 23.5 Å². The Labute approximate surface area is 173 Å². The minimum Gasteiger partial charge on any atom is -0.460 e. The summed E-state index contributed by atoms with van der Waals surface area (Å²) in [6.45, 7) is 6.74. The van der Waals surface area contributed by atoms with Gasteiger partial charge >= 0.3 is 12.0 Å². The summed E-state index contributed by atoms with van der Waals surface area (Å²) in [5, 5.41) is 5.27. The molecular formula is C22H23N3O5. The van der Waals surface area contributed by atoms with Crippen LogP contribution in [0.3, 0.4) is 0 Å². The molecule has 3 rings (SSSR count). The van der Waals surface area contributed by atoms with Crippen LogP contribution in [0.2, 0.25) is 0 Å². The number of nitrogens with zero attached hydrogens (tertiary/aromatic N) is 1. The van der Waals surface area contributed by atoms with Gasteiger partial charge in [0, 0.05) is 11.4 Å². The molecule has 0 aliphatic rings. The number of amides is 3. The maximum Gasteiger partial charge on any atom is 0.339 e.